The summed E-state index contributed by atoms with van der Waals surface area (Å²) < 4.78 is 42.8. The molecule has 4 N–H and O–H groups in total. The van der Waals surface area contributed by atoms with Crippen LogP contribution in [0.25, 0.3) is 0 Å². The van der Waals surface area contributed by atoms with Crippen LogP contribution in [0.5, 0.6) is 5.75 Å². The number of benzene rings is 2. The first-order chi connectivity index (χ1) is 19.9. The highest BCUT2D eigenvalue weighted by Gasteiger charge is 2.42. The third-order valence-electron chi connectivity index (χ3n) is 7.48. The quantitative estimate of drug-likeness (QED) is 0.0993. The molecule has 11 heteroatoms. The summed E-state index contributed by atoms with van der Waals surface area (Å²) in [7, 11) is -3.34. The number of carboxylic acid groups (broad SMARTS) is 1. The number of unbranched alkanes of at least 4 members (excludes halogenated alkanes) is 2. The van der Waals surface area contributed by atoms with Gasteiger partial charge in [-0.15, -0.1) is 11.8 Å². The molecule has 0 saturated carbocycles. The molecule has 0 unspecified atom stereocenters. The molecule has 232 valence electrons. The standard InChI is InChI=1S/C31H43FN2O6S2/c1-6-8-14-31(15-9-7-2)19-34(23-12-10-22(11-13-23)33-29(35)21(3)4)25-16-27(41-5)26(40-18-24(32)30(36)37)17-28(25)42(38,39)20-31/h10-13,16-18,21,38-39H,6-9,14-15,19-20H2,1-5H3,(H,33,35)(H,36,37). The highest BCUT2D eigenvalue weighted by atomic mass is 32.3. The lowest BCUT2D eigenvalue weighted by Crippen LogP contribution is -2.37. The monoisotopic (exact) mass is 622 g/mol. The van der Waals surface area contributed by atoms with E-state index in [2.05, 4.69) is 24.1 Å². The Bertz CT molecular complexity index is 1270. The van der Waals surface area contributed by atoms with Crippen molar-refractivity contribution < 1.29 is 32.9 Å². The van der Waals surface area contributed by atoms with Crippen LogP contribution in [0.15, 0.2) is 58.3 Å². The predicted octanol–water partition coefficient (Wildman–Crippen LogP) is 8.91. The average Bonchev–Trinajstić information content (AvgIpc) is 3.05. The van der Waals surface area contributed by atoms with Gasteiger partial charge in [-0.25, -0.2) is 4.79 Å². The first-order valence-corrected chi connectivity index (χ1v) is 17.2. The van der Waals surface area contributed by atoms with Crippen LogP contribution in [-0.2, 0) is 9.59 Å². The first kappa shape index (κ1) is 33.8. The lowest BCUT2D eigenvalue weighted by Gasteiger charge is -2.42. The van der Waals surface area contributed by atoms with Crippen LogP contribution in [0.2, 0.25) is 0 Å². The van der Waals surface area contributed by atoms with E-state index in [0.717, 1.165) is 44.2 Å². The van der Waals surface area contributed by atoms with Crippen LogP contribution in [-0.4, -0.2) is 44.6 Å². The average molecular weight is 623 g/mol. The zero-order valence-electron chi connectivity index (χ0n) is 25.0. The van der Waals surface area contributed by atoms with E-state index in [0.29, 0.717) is 29.1 Å². The Morgan fingerprint density at radius 3 is 2.29 bits per heavy atom. The molecule has 0 saturated heterocycles. The second-order valence-corrected chi connectivity index (χ2v) is 14.1. The highest BCUT2D eigenvalue weighted by Crippen LogP contribution is 2.62. The Balaban J connectivity index is 2.20. The highest BCUT2D eigenvalue weighted by molar-refractivity contribution is 8.24. The SMILES string of the molecule is CCCCC1(CCCC)CN(c2ccc(NC(=O)C(C)C)cc2)c2cc(SC)c(OC=C(F)C(=O)O)cc2S(O)(O)C1. The molecule has 42 heavy (non-hydrogen) atoms. The maximum Gasteiger partial charge on any atom is 0.368 e. The minimum atomic E-state index is -3.34. The second-order valence-electron chi connectivity index (χ2n) is 11.2. The number of halogens is 1. The summed E-state index contributed by atoms with van der Waals surface area (Å²) in [6, 6.07) is 10.8. The molecule has 2 aromatic carbocycles. The Kier molecular flexibility index (Phi) is 11.8. The number of ether oxygens (including phenoxy) is 1. The van der Waals surface area contributed by atoms with Crippen LogP contribution >= 0.6 is 22.4 Å². The number of nitrogens with zero attached hydrogens (tertiary/aromatic N) is 1. The van der Waals surface area contributed by atoms with E-state index in [1.807, 2.05) is 44.4 Å². The van der Waals surface area contributed by atoms with Gasteiger partial charge in [0.15, 0.2) is 0 Å². The summed E-state index contributed by atoms with van der Waals surface area (Å²) in [5.41, 5.74) is 1.69. The van der Waals surface area contributed by atoms with Crippen LogP contribution in [0.4, 0.5) is 21.5 Å². The number of carboxylic acids is 1. The molecule has 0 fully saturated rings. The van der Waals surface area contributed by atoms with Gasteiger partial charge in [-0.3, -0.25) is 13.9 Å². The lowest BCUT2D eigenvalue weighted by atomic mass is 9.79. The molecule has 0 aromatic heterocycles. The smallest absolute Gasteiger partial charge is 0.368 e. The molecule has 0 atom stereocenters. The molecule has 1 heterocycles. The maximum absolute atomic E-state index is 13.8. The van der Waals surface area contributed by atoms with Crippen LogP contribution in [0.3, 0.4) is 0 Å². The molecule has 1 amide bonds. The van der Waals surface area contributed by atoms with Gasteiger partial charge in [0.2, 0.25) is 11.7 Å². The number of carbonyl (C=O) groups excluding carboxylic acids is 1. The minimum Gasteiger partial charge on any atom is -0.476 e. The van der Waals surface area contributed by atoms with Gasteiger partial charge in [-0.05, 0) is 49.4 Å². The minimum absolute atomic E-state index is 0.0829. The van der Waals surface area contributed by atoms with Gasteiger partial charge >= 0.3 is 5.97 Å². The largest absolute Gasteiger partial charge is 0.476 e. The topological polar surface area (TPSA) is 119 Å². The Hall–Kier alpha value is -2.73. The normalized spacial score (nSPS) is 16.9. The molecule has 2 aromatic rings. The number of anilines is 3. The number of carbonyl (C=O) groups is 2. The summed E-state index contributed by atoms with van der Waals surface area (Å²) in [5, 5.41) is 11.8. The van der Waals surface area contributed by atoms with Gasteiger partial charge < -0.3 is 20.1 Å². The Labute approximate surface area is 254 Å². The van der Waals surface area contributed by atoms with Crippen molar-refractivity contribution in [3.8, 4) is 5.75 Å². The molecular formula is C31H43FN2O6S2. The van der Waals surface area contributed by atoms with Crippen LogP contribution < -0.4 is 15.0 Å². The van der Waals surface area contributed by atoms with Crippen molar-refractivity contribution in [1.29, 1.82) is 0 Å². The zero-order valence-corrected chi connectivity index (χ0v) is 26.6. The van der Waals surface area contributed by atoms with Gasteiger partial charge in [0, 0.05) is 41.1 Å². The number of nitrogens with one attached hydrogen (secondary N) is 1. The number of hydrogen-bond donors (Lipinski definition) is 4. The van der Waals surface area contributed by atoms with E-state index in [9.17, 15) is 23.1 Å². The fourth-order valence-corrected chi connectivity index (χ4v) is 7.89. The van der Waals surface area contributed by atoms with Gasteiger partial charge in [-0.2, -0.15) is 15.0 Å². The Morgan fingerprint density at radius 1 is 1.14 bits per heavy atom. The van der Waals surface area contributed by atoms with Crippen LogP contribution in [0.1, 0.15) is 66.2 Å². The fraction of sp³-hybridized carbons (Fsp3) is 0.484. The third-order valence-corrected chi connectivity index (χ3v) is 10.3. The van der Waals surface area contributed by atoms with Crippen LogP contribution in [0, 0.1) is 11.3 Å². The van der Waals surface area contributed by atoms with Crippen molar-refractivity contribution in [2.75, 3.05) is 28.8 Å². The van der Waals surface area contributed by atoms with E-state index in [1.54, 1.807) is 6.07 Å². The summed E-state index contributed by atoms with van der Waals surface area (Å²) in [6.07, 6.45) is 7.78. The second kappa shape index (κ2) is 14.6. The van der Waals surface area contributed by atoms with Gasteiger partial charge in [0.05, 0.1) is 15.5 Å². The van der Waals surface area contributed by atoms with Gasteiger partial charge in [0.25, 0.3) is 0 Å². The van der Waals surface area contributed by atoms with Crippen molar-refractivity contribution in [2.45, 2.75) is 76.0 Å². The summed E-state index contributed by atoms with van der Waals surface area (Å²) in [4.78, 5) is 26.2. The van der Waals surface area contributed by atoms with E-state index in [-0.39, 0.29) is 28.2 Å². The molecule has 0 radical (unpaired) electrons. The molecule has 3 rings (SSSR count). The molecule has 8 nitrogen and oxygen atoms in total. The zero-order chi connectivity index (χ0) is 31.1. The van der Waals surface area contributed by atoms with E-state index in [1.165, 1.54) is 17.8 Å². The third kappa shape index (κ3) is 8.21. The van der Waals surface area contributed by atoms with Crippen molar-refractivity contribution in [3.63, 3.8) is 0 Å². The predicted molar refractivity (Wildman–Crippen MR) is 170 cm³/mol. The lowest BCUT2D eigenvalue weighted by molar-refractivity contribution is -0.134. The van der Waals surface area contributed by atoms with Crippen molar-refractivity contribution in [3.05, 3.63) is 48.5 Å². The molecular weight excluding hydrogens is 579 g/mol. The Morgan fingerprint density at radius 2 is 1.76 bits per heavy atom. The van der Waals surface area contributed by atoms with Crippen molar-refractivity contribution in [1.82, 2.24) is 0 Å². The van der Waals surface area contributed by atoms with E-state index < -0.39 is 27.8 Å². The number of aliphatic carboxylic acids is 1. The number of thioether (sulfide) groups is 1. The molecule has 0 bridgehead atoms. The van der Waals surface area contributed by atoms with Crippen molar-refractivity contribution in [2.24, 2.45) is 11.3 Å². The maximum atomic E-state index is 13.8. The molecule has 0 aliphatic carbocycles. The summed E-state index contributed by atoms with van der Waals surface area (Å²) >= 11 is 1.32. The molecule has 0 spiro atoms. The van der Waals surface area contributed by atoms with E-state index in [4.69, 9.17) is 9.84 Å². The summed E-state index contributed by atoms with van der Waals surface area (Å²) in [5.74, 6) is -3.16. The number of hydrogen-bond acceptors (Lipinski definition) is 7. The van der Waals surface area contributed by atoms with Gasteiger partial charge in [-0.1, -0.05) is 53.4 Å². The molecule has 1 aliphatic heterocycles. The number of fused-ring (bicyclic) bond motifs is 1. The first-order valence-electron chi connectivity index (χ1n) is 14.3. The number of rotatable bonds is 13. The van der Waals surface area contributed by atoms with Gasteiger partial charge in [0.1, 0.15) is 12.0 Å². The van der Waals surface area contributed by atoms with Crippen molar-refractivity contribution >= 4 is 51.3 Å². The van der Waals surface area contributed by atoms with E-state index >= 15 is 0 Å². The summed E-state index contributed by atoms with van der Waals surface area (Å²) in [6.45, 7) is 8.45. The number of amides is 1. The fourth-order valence-electron chi connectivity index (χ4n) is 5.16. The molecule has 1 aliphatic rings.